The lowest BCUT2D eigenvalue weighted by Crippen LogP contribution is -2.12. The predicted octanol–water partition coefficient (Wildman–Crippen LogP) is 2.19. The van der Waals surface area contributed by atoms with E-state index in [1.165, 1.54) is 16.7 Å². The van der Waals surface area contributed by atoms with Gasteiger partial charge >= 0.3 is 6.18 Å². The van der Waals surface area contributed by atoms with E-state index in [0.717, 1.165) is 12.8 Å². The van der Waals surface area contributed by atoms with Gasteiger partial charge in [0, 0.05) is 12.6 Å². The maximum absolute atomic E-state index is 13.1. The lowest BCUT2D eigenvalue weighted by molar-refractivity contribution is -0.137. The van der Waals surface area contributed by atoms with Gasteiger partial charge in [0.1, 0.15) is 11.4 Å². The molecule has 0 radical (unpaired) electrons. The molecule has 2 aromatic heterocycles. The smallest absolute Gasteiger partial charge is 0.392 e. The minimum Gasteiger partial charge on any atom is -0.392 e. The van der Waals surface area contributed by atoms with Crippen molar-refractivity contribution in [2.75, 3.05) is 0 Å². The Hall–Kier alpha value is -1.63. The molecule has 1 aliphatic rings. The quantitative estimate of drug-likeness (QED) is 0.931. The van der Waals surface area contributed by atoms with Gasteiger partial charge < -0.3 is 5.11 Å². The Bertz CT molecular complexity index is 616. The van der Waals surface area contributed by atoms with Crippen molar-refractivity contribution in [1.29, 1.82) is 0 Å². The number of hydrogen-bond acceptors (Lipinski definition) is 3. The second-order valence-electron chi connectivity index (χ2n) is 4.83. The molecule has 7 heteroatoms. The Morgan fingerprint density at radius 1 is 1.32 bits per heavy atom. The van der Waals surface area contributed by atoms with Crippen molar-refractivity contribution in [3.8, 4) is 0 Å². The lowest BCUT2D eigenvalue weighted by atomic mass is 10.1. The summed E-state index contributed by atoms with van der Waals surface area (Å²) in [6.45, 7) is -0.670. The van der Waals surface area contributed by atoms with Crippen LogP contribution in [0.2, 0.25) is 0 Å². The fourth-order valence-electron chi connectivity index (χ4n) is 2.20. The summed E-state index contributed by atoms with van der Waals surface area (Å²) in [5.74, 6) is 1.06. The number of alkyl halides is 3. The lowest BCUT2D eigenvalue weighted by Gasteiger charge is -2.12. The van der Waals surface area contributed by atoms with E-state index in [0.29, 0.717) is 18.2 Å². The molecule has 0 saturated heterocycles. The third-order valence-electron chi connectivity index (χ3n) is 3.36. The van der Waals surface area contributed by atoms with Gasteiger partial charge in [-0.1, -0.05) is 0 Å². The van der Waals surface area contributed by atoms with Crippen LogP contribution in [-0.4, -0.2) is 19.7 Å². The van der Waals surface area contributed by atoms with E-state index >= 15 is 0 Å². The molecule has 1 N–H and O–H groups in total. The van der Waals surface area contributed by atoms with Crippen LogP contribution in [0.1, 0.15) is 29.8 Å². The van der Waals surface area contributed by atoms with Gasteiger partial charge in [-0.2, -0.15) is 13.2 Å². The summed E-state index contributed by atoms with van der Waals surface area (Å²) in [5.41, 5.74) is -1.30. The molecule has 0 bridgehead atoms. The summed E-state index contributed by atoms with van der Waals surface area (Å²) >= 11 is 0. The third-order valence-corrected chi connectivity index (χ3v) is 3.36. The van der Waals surface area contributed by atoms with Gasteiger partial charge in [-0.05, 0) is 30.4 Å². The van der Waals surface area contributed by atoms with E-state index in [4.69, 9.17) is 5.11 Å². The van der Waals surface area contributed by atoms with Gasteiger partial charge in [-0.25, -0.2) is 0 Å². The SMILES string of the molecule is OCc1ccn2c(CC3CC3)nnc2c1C(F)(F)F. The third kappa shape index (κ3) is 2.18. The van der Waals surface area contributed by atoms with E-state index in [2.05, 4.69) is 10.2 Å². The fraction of sp³-hybridized carbons (Fsp3) is 0.500. The molecule has 1 fully saturated rings. The van der Waals surface area contributed by atoms with Crippen molar-refractivity contribution < 1.29 is 18.3 Å². The van der Waals surface area contributed by atoms with Gasteiger partial charge in [-0.15, -0.1) is 10.2 Å². The number of aliphatic hydroxyl groups excluding tert-OH is 1. The molecule has 1 aliphatic carbocycles. The first-order valence-electron chi connectivity index (χ1n) is 6.04. The normalized spacial score (nSPS) is 16.2. The summed E-state index contributed by atoms with van der Waals surface area (Å²) in [6.07, 6.45) is -0.221. The van der Waals surface area contributed by atoms with Crippen molar-refractivity contribution in [2.24, 2.45) is 5.92 Å². The highest BCUT2D eigenvalue weighted by Gasteiger charge is 2.37. The van der Waals surface area contributed by atoms with Crippen LogP contribution in [0.3, 0.4) is 0 Å². The zero-order chi connectivity index (χ0) is 13.6. The molecule has 2 heterocycles. The van der Waals surface area contributed by atoms with E-state index in [9.17, 15) is 13.2 Å². The first-order chi connectivity index (χ1) is 9.00. The molecule has 102 valence electrons. The average Bonchev–Trinajstić information content (AvgIpc) is 3.07. The van der Waals surface area contributed by atoms with E-state index in [1.807, 2.05) is 0 Å². The summed E-state index contributed by atoms with van der Waals surface area (Å²) in [6, 6.07) is 1.27. The Morgan fingerprint density at radius 3 is 2.63 bits per heavy atom. The molecule has 0 aromatic carbocycles. The van der Waals surface area contributed by atoms with Crippen molar-refractivity contribution in [3.63, 3.8) is 0 Å². The van der Waals surface area contributed by atoms with Gasteiger partial charge in [-0.3, -0.25) is 4.40 Å². The standard InChI is InChI=1S/C12H12F3N3O/c13-12(14,15)10-8(6-19)3-4-18-9(5-7-1-2-7)16-17-11(10)18/h3-4,7,19H,1-2,5-6H2. The van der Waals surface area contributed by atoms with Gasteiger partial charge in [0.15, 0.2) is 5.65 Å². The highest BCUT2D eigenvalue weighted by atomic mass is 19.4. The summed E-state index contributed by atoms with van der Waals surface area (Å²) in [5, 5.41) is 16.6. The first-order valence-corrected chi connectivity index (χ1v) is 6.04. The largest absolute Gasteiger partial charge is 0.420 e. The number of rotatable bonds is 3. The van der Waals surface area contributed by atoms with Gasteiger partial charge in [0.2, 0.25) is 0 Å². The van der Waals surface area contributed by atoms with Crippen LogP contribution in [0.4, 0.5) is 13.2 Å². The van der Waals surface area contributed by atoms with Crippen molar-refractivity contribution in [1.82, 2.24) is 14.6 Å². The molecule has 0 spiro atoms. The average molecular weight is 271 g/mol. The molecule has 4 nitrogen and oxygen atoms in total. The summed E-state index contributed by atoms with van der Waals surface area (Å²) in [4.78, 5) is 0. The molecule has 0 amide bonds. The Balaban J connectivity index is 2.16. The van der Waals surface area contributed by atoms with Crippen molar-refractivity contribution >= 4 is 5.65 Å². The Labute approximate surface area is 106 Å². The Kier molecular flexibility index (Phi) is 2.74. The molecule has 2 aromatic rings. The van der Waals surface area contributed by atoms with E-state index in [-0.39, 0.29) is 11.2 Å². The van der Waals surface area contributed by atoms with Gasteiger partial charge in [0.25, 0.3) is 0 Å². The summed E-state index contributed by atoms with van der Waals surface area (Å²) in [7, 11) is 0. The number of pyridine rings is 1. The van der Waals surface area contributed by atoms with Crippen molar-refractivity contribution in [3.05, 3.63) is 29.2 Å². The Morgan fingerprint density at radius 2 is 2.05 bits per heavy atom. The van der Waals surface area contributed by atoms with Crippen LogP contribution in [0.5, 0.6) is 0 Å². The molecule has 19 heavy (non-hydrogen) atoms. The number of hydrogen-bond donors (Lipinski definition) is 1. The van der Waals surface area contributed by atoms with E-state index < -0.39 is 18.3 Å². The van der Waals surface area contributed by atoms with Crippen LogP contribution in [-0.2, 0) is 19.2 Å². The summed E-state index contributed by atoms with van der Waals surface area (Å²) < 4.78 is 40.5. The first kappa shape index (κ1) is 12.4. The molecule has 1 saturated carbocycles. The zero-order valence-electron chi connectivity index (χ0n) is 9.98. The molecule has 3 rings (SSSR count). The molecule has 0 atom stereocenters. The van der Waals surface area contributed by atoms with Crippen molar-refractivity contribution in [2.45, 2.75) is 32.0 Å². The predicted molar refractivity (Wildman–Crippen MR) is 60.3 cm³/mol. The topological polar surface area (TPSA) is 50.4 Å². The fourth-order valence-corrected chi connectivity index (χ4v) is 2.20. The van der Waals surface area contributed by atoms with Crippen LogP contribution >= 0.6 is 0 Å². The second kappa shape index (κ2) is 4.19. The number of aromatic nitrogens is 3. The number of aliphatic hydroxyl groups is 1. The maximum Gasteiger partial charge on any atom is 0.420 e. The minimum absolute atomic E-state index is 0.176. The second-order valence-corrected chi connectivity index (χ2v) is 4.83. The minimum atomic E-state index is -4.55. The van der Waals surface area contributed by atoms with Crippen LogP contribution in [0, 0.1) is 5.92 Å². The molecule has 0 aliphatic heterocycles. The molecule has 0 unspecified atom stereocenters. The zero-order valence-corrected chi connectivity index (χ0v) is 9.98. The van der Waals surface area contributed by atoms with Crippen LogP contribution in [0.25, 0.3) is 5.65 Å². The molecular formula is C12H12F3N3O. The number of halogens is 3. The van der Waals surface area contributed by atoms with E-state index in [1.54, 1.807) is 0 Å². The monoisotopic (exact) mass is 271 g/mol. The molecular weight excluding hydrogens is 259 g/mol. The van der Waals surface area contributed by atoms with Crippen LogP contribution in [0.15, 0.2) is 12.3 Å². The number of fused-ring (bicyclic) bond motifs is 1. The number of nitrogens with zero attached hydrogens (tertiary/aromatic N) is 3. The highest BCUT2D eigenvalue weighted by molar-refractivity contribution is 5.53. The maximum atomic E-state index is 13.1. The highest BCUT2D eigenvalue weighted by Crippen LogP contribution is 2.36. The van der Waals surface area contributed by atoms with Gasteiger partial charge in [0.05, 0.1) is 6.61 Å². The van der Waals surface area contributed by atoms with Crippen LogP contribution < -0.4 is 0 Å².